The van der Waals surface area contributed by atoms with Crippen LogP contribution in [0.3, 0.4) is 0 Å². The molecule has 1 heterocycles. The molecular formula is C14H13ClFNO2. The standard InChI is InChI=1S/C14H13ClFNO2/c1-18-14-10(3-2-6-17-14)9-19-13-5-4-12(16)7-11(13)8-15/h2-7H,8-9H2,1H3. The highest BCUT2D eigenvalue weighted by atomic mass is 35.5. The van der Waals surface area contributed by atoms with Gasteiger partial charge in [0.2, 0.25) is 5.88 Å². The van der Waals surface area contributed by atoms with Gasteiger partial charge in [-0.1, -0.05) is 0 Å². The topological polar surface area (TPSA) is 31.4 Å². The van der Waals surface area contributed by atoms with Gasteiger partial charge in [0.15, 0.2) is 0 Å². The molecule has 0 spiro atoms. The fourth-order valence-electron chi connectivity index (χ4n) is 1.67. The smallest absolute Gasteiger partial charge is 0.219 e. The van der Waals surface area contributed by atoms with Gasteiger partial charge in [-0.05, 0) is 30.3 Å². The number of nitrogens with zero attached hydrogens (tertiary/aromatic N) is 1. The van der Waals surface area contributed by atoms with Gasteiger partial charge < -0.3 is 9.47 Å². The highest BCUT2D eigenvalue weighted by Gasteiger charge is 2.08. The van der Waals surface area contributed by atoms with Gasteiger partial charge in [0.1, 0.15) is 18.2 Å². The van der Waals surface area contributed by atoms with Crippen molar-refractivity contribution in [2.45, 2.75) is 12.5 Å². The van der Waals surface area contributed by atoms with E-state index in [1.807, 2.05) is 6.07 Å². The first kappa shape index (κ1) is 13.6. The minimum Gasteiger partial charge on any atom is -0.488 e. The van der Waals surface area contributed by atoms with Crippen molar-refractivity contribution in [2.24, 2.45) is 0 Å². The summed E-state index contributed by atoms with van der Waals surface area (Å²) in [4.78, 5) is 4.08. The molecule has 0 fully saturated rings. The number of alkyl halides is 1. The minimum absolute atomic E-state index is 0.192. The van der Waals surface area contributed by atoms with E-state index in [0.29, 0.717) is 17.2 Å². The fourth-order valence-corrected chi connectivity index (χ4v) is 1.88. The molecule has 0 aliphatic carbocycles. The fraction of sp³-hybridized carbons (Fsp3) is 0.214. The molecule has 0 atom stereocenters. The molecule has 0 aliphatic heterocycles. The Morgan fingerprint density at radius 3 is 2.84 bits per heavy atom. The number of hydrogen-bond donors (Lipinski definition) is 0. The first-order chi connectivity index (χ1) is 9.24. The number of benzene rings is 1. The Morgan fingerprint density at radius 1 is 1.26 bits per heavy atom. The third-order valence-electron chi connectivity index (χ3n) is 2.59. The summed E-state index contributed by atoms with van der Waals surface area (Å²) in [6.07, 6.45) is 1.64. The number of pyridine rings is 1. The SMILES string of the molecule is COc1ncccc1COc1ccc(F)cc1CCl. The lowest BCUT2D eigenvalue weighted by Gasteiger charge is -2.11. The van der Waals surface area contributed by atoms with Crippen LogP contribution in [0.25, 0.3) is 0 Å². The maximum atomic E-state index is 13.1. The van der Waals surface area contributed by atoms with Gasteiger partial charge in [0.25, 0.3) is 0 Å². The van der Waals surface area contributed by atoms with Crippen LogP contribution in [-0.4, -0.2) is 12.1 Å². The second kappa shape index (κ2) is 6.38. The van der Waals surface area contributed by atoms with E-state index in [-0.39, 0.29) is 18.3 Å². The number of methoxy groups -OCH3 is 1. The Balaban J connectivity index is 2.14. The van der Waals surface area contributed by atoms with Crippen molar-refractivity contribution in [1.29, 1.82) is 0 Å². The van der Waals surface area contributed by atoms with Crippen molar-refractivity contribution in [1.82, 2.24) is 4.98 Å². The summed E-state index contributed by atoms with van der Waals surface area (Å²) in [6.45, 7) is 0.284. The average molecular weight is 282 g/mol. The van der Waals surface area contributed by atoms with Crippen LogP contribution in [0.1, 0.15) is 11.1 Å². The van der Waals surface area contributed by atoms with E-state index >= 15 is 0 Å². The predicted octanol–water partition coefficient (Wildman–Crippen LogP) is 3.55. The molecule has 0 N–H and O–H groups in total. The van der Waals surface area contributed by atoms with Crippen LogP contribution in [-0.2, 0) is 12.5 Å². The first-order valence-corrected chi connectivity index (χ1v) is 6.23. The van der Waals surface area contributed by atoms with Gasteiger partial charge in [0, 0.05) is 11.8 Å². The van der Waals surface area contributed by atoms with E-state index in [9.17, 15) is 4.39 Å². The first-order valence-electron chi connectivity index (χ1n) is 5.69. The average Bonchev–Trinajstić information content (AvgIpc) is 2.46. The van der Waals surface area contributed by atoms with Gasteiger partial charge in [-0.3, -0.25) is 0 Å². The van der Waals surface area contributed by atoms with E-state index in [2.05, 4.69) is 4.98 Å². The summed E-state index contributed by atoms with van der Waals surface area (Å²) in [6, 6.07) is 7.93. The Kier molecular flexibility index (Phi) is 4.58. The number of rotatable bonds is 5. The van der Waals surface area contributed by atoms with Gasteiger partial charge in [-0.15, -0.1) is 11.6 Å². The molecule has 0 saturated heterocycles. The van der Waals surface area contributed by atoms with Crippen LogP contribution in [0.15, 0.2) is 36.5 Å². The number of hydrogen-bond acceptors (Lipinski definition) is 3. The molecule has 0 radical (unpaired) electrons. The van der Waals surface area contributed by atoms with Crippen molar-refractivity contribution in [3.8, 4) is 11.6 Å². The minimum atomic E-state index is -0.332. The van der Waals surface area contributed by atoms with Gasteiger partial charge in [-0.25, -0.2) is 9.37 Å². The summed E-state index contributed by atoms with van der Waals surface area (Å²) in [7, 11) is 1.55. The Labute approximate surface area is 115 Å². The zero-order valence-corrected chi connectivity index (χ0v) is 11.2. The van der Waals surface area contributed by atoms with Crippen molar-refractivity contribution in [3.05, 3.63) is 53.5 Å². The third-order valence-corrected chi connectivity index (χ3v) is 2.88. The molecule has 19 heavy (non-hydrogen) atoms. The van der Waals surface area contributed by atoms with E-state index in [1.165, 1.54) is 12.1 Å². The Hall–Kier alpha value is -1.81. The second-order valence-corrected chi connectivity index (χ2v) is 4.11. The third kappa shape index (κ3) is 3.35. The predicted molar refractivity (Wildman–Crippen MR) is 71.1 cm³/mol. The number of halogens is 2. The normalized spacial score (nSPS) is 10.3. The molecule has 2 aromatic rings. The maximum absolute atomic E-state index is 13.1. The summed E-state index contributed by atoms with van der Waals surface area (Å²) < 4.78 is 23.8. The van der Waals surface area contributed by atoms with Crippen molar-refractivity contribution >= 4 is 11.6 Å². The quantitative estimate of drug-likeness (QED) is 0.786. The molecule has 5 heteroatoms. The highest BCUT2D eigenvalue weighted by Crippen LogP contribution is 2.24. The molecule has 0 saturated carbocycles. The van der Waals surface area contributed by atoms with E-state index in [4.69, 9.17) is 21.1 Å². The largest absolute Gasteiger partial charge is 0.488 e. The molecule has 1 aromatic carbocycles. The lowest BCUT2D eigenvalue weighted by Crippen LogP contribution is -2.01. The van der Waals surface area contributed by atoms with Crippen molar-refractivity contribution < 1.29 is 13.9 Å². The highest BCUT2D eigenvalue weighted by molar-refractivity contribution is 6.17. The lowest BCUT2D eigenvalue weighted by molar-refractivity contribution is 0.291. The number of ether oxygens (including phenoxy) is 2. The molecule has 100 valence electrons. The maximum Gasteiger partial charge on any atom is 0.219 e. The van der Waals surface area contributed by atoms with Crippen LogP contribution < -0.4 is 9.47 Å². The molecule has 0 amide bonds. The Morgan fingerprint density at radius 2 is 2.11 bits per heavy atom. The monoisotopic (exact) mass is 281 g/mol. The van der Waals surface area contributed by atoms with Gasteiger partial charge in [-0.2, -0.15) is 0 Å². The van der Waals surface area contributed by atoms with Crippen LogP contribution in [0.2, 0.25) is 0 Å². The molecule has 1 aromatic heterocycles. The second-order valence-electron chi connectivity index (χ2n) is 3.85. The Bertz CT molecular complexity index is 563. The summed E-state index contributed by atoms with van der Waals surface area (Å²) in [5, 5.41) is 0. The summed E-state index contributed by atoms with van der Waals surface area (Å²) in [5.41, 5.74) is 1.43. The zero-order valence-electron chi connectivity index (χ0n) is 10.4. The molecule has 2 rings (SSSR count). The molecule has 0 unspecified atom stereocenters. The molecule has 0 bridgehead atoms. The summed E-state index contributed by atoms with van der Waals surface area (Å²) in [5.74, 6) is 0.929. The van der Waals surface area contributed by atoms with E-state index < -0.39 is 0 Å². The molecule has 0 aliphatic rings. The number of aromatic nitrogens is 1. The van der Waals surface area contributed by atoms with Crippen LogP contribution in [0.4, 0.5) is 4.39 Å². The zero-order chi connectivity index (χ0) is 13.7. The van der Waals surface area contributed by atoms with Crippen LogP contribution >= 0.6 is 11.6 Å². The van der Waals surface area contributed by atoms with Gasteiger partial charge in [0.05, 0.1) is 18.6 Å². The lowest BCUT2D eigenvalue weighted by atomic mass is 10.2. The van der Waals surface area contributed by atoms with Crippen molar-refractivity contribution in [3.63, 3.8) is 0 Å². The molecular weight excluding hydrogens is 269 g/mol. The summed E-state index contributed by atoms with van der Waals surface area (Å²) >= 11 is 5.76. The van der Waals surface area contributed by atoms with E-state index in [0.717, 1.165) is 5.56 Å². The van der Waals surface area contributed by atoms with E-state index in [1.54, 1.807) is 25.4 Å². The van der Waals surface area contributed by atoms with Crippen LogP contribution in [0.5, 0.6) is 11.6 Å². The molecule has 3 nitrogen and oxygen atoms in total. The van der Waals surface area contributed by atoms with Gasteiger partial charge >= 0.3 is 0 Å². The van der Waals surface area contributed by atoms with Crippen LogP contribution in [0, 0.1) is 5.82 Å². The van der Waals surface area contributed by atoms with Crippen molar-refractivity contribution in [2.75, 3.05) is 7.11 Å².